The summed E-state index contributed by atoms with van der Waals surface area (Å²) in [6.07, 6.45) is 1.30. The average Bonchev–Trinajstić information content (AvgIpc) is 3.17. The molecule has 0 aliphatic carbocycles. The third-order valence-electron chi connectivity index (χ3n) is 3.89. The SMILES string of the molecule is CCC(=O)N1CCc2cc(C(=O)NCc3ccc(Br)s3)ccc21. The first-order chi connectivity index (χ1) is 11.1. The van der Waals surface area contributed by atoms with Crippen molar-refractivity contribution in [3.8, 4) is 0 Å². The number of nitrogens with zero attached hydrogens (tertiary/aromatic N) is 1. The van der Waals surface area contributed by atoms with Gasteiger partial charge >= 0.3 is 0 Å². The van der Waals surface area contributed by atoms with Crippen LogP contribution in [0.4, 0.5) is 5.69 Å². The highest BCUT2D eigenvalue weighted by Gasteiger charge is 2.24. The van der Waals surface area contributed by atoms with Gasteiger partial charge in [-0.25, -0.2) is 0 Å². The molecule has 0 fully saturated rings. The maximum Gasteiger partial charge on any atom is 0.251 e. The Hall–Kier alpha value is -1.66. The molecule has 2 heterocycles. The minimum atomic E-state index is -0.0856. The Morgan fingerprint density at radius 2 is 2.13 bits per heavy atom. The summed E-state index contributed by atoms with van der Waals surface area (Å²) in [6.45, 7) is 3.09. The number of hydrogen-bond acceptors (Lipinski definition) is 3. The fourth-order valence-corrected chi connectivity index (χ4v) is 4.13. The standard InChI is InChI=1S/C17H17BrN2O2S/c1-2-16(21)20-8-7-11-9-12(3-5-14(11)20)17(22)19-10-13-4-6-15(18)23-13/h3-6,9H,2,7-8,10H2,1H3,(H,19,22). The van der Waals surface area contributed by atoms with Crippen molar-refractivity contribution in [1.82, 2.24) is 5.32 Å². The van der Waals surface area contributed by atoms with Crippen molar-refractivity contribution in [2.75, 3.05) is 11.4 Å². The molecule has 1 aliphatic heterocycles. The molecule has 0 bridgehead atoms. The van der Waals surface area contributed by atoms with Gasteiger partial charge in [-0.3, -0.25) is 9.59 Å². The van der Waals surface area contributed by atoms with Crippen molar-refractivity contribution in [2.24, 2.45) is 0 Å². The van der Waals surface area contributed by atoms with Crippen LogP contribution in [0, 0.1) is 0 Å². The van der Waals surface area contributed by atoms with E-state index in [4.69, 9.17) is 0 Å². The predicted octanol–water partition coefficient (Wildman–Crippen LogP) is 3.74. The summed E-state index contributed by atoms with van der Waals surface area (Å²) in [7, 11) is 0. The van der Waals surface area contributed by atoms with E-state index in [2.05, 4.69) is 21.2 Å². The van der Waals surface area contributed by atoms with Crippen LogP contribution < -0.4 is 10.2 Å². The molecule has 2 aromatic rings. The van der Waals surface area contributed by atoms with Crippen LogP contribution in [-0.4, -0.2) is 18.4 Å². The first kappa shape index (κ1) is 16.2. The second-order valence-corrected chi connectivity index (χ2v) is 7.93. The zero-order chi connectivity index (χ0) is 16.4. The van der Waals surface area contributed by atoms with E-state index in [9.17, 15) is 9.59 Å². The highest BCUT2D eigenvalue weighted by atomic mass is 79.9. The van der Waals surface area contributed by atoms with Gasteiger partial charge in [0.05, 0.1) is 10.3 Å². The molecule has 4 nitrogen and oxygen atoms in total. The smallest absolute Gasteiger partial charge is 0.251 e. The van der Waals surface area contributed by atoms with Crippen LogP contribution in [0.25, 0.3) is 0 Å². The van der Waals surface area contributed by atoms with Crippen LogP contribution in [-0.2, 0) is 17.8 Å². The van der Waals surface area contributed by atoms with Crippen molar-refractivity contribution in [2.45, 2.75) is 26.3 Å². The van der Waals surface area contributed by atoms with Crippen LogP contribution in [0.2, 0.25) is 0 Å². The second kappa shape index (κ2) is 6.84. The van der Waals surface area contributed by atoms with Crippen LogP contribution in [0.5, 0.6) is 0 Å². The summed E-state index contributed by atoms with van der Waals surface area (Å²) in [5.74, 6) is 0.0433. The second-order valence-electron chi connectivity index (χ2n) is 5.38. The molecule has 3 rings (SSSR count). The van der Waals surface area contributed by atoms with Gasteiger partial charge in [0.15, 0.2) is 0 Å². The third kappa shape index (κ3) is 3.48. The monoisotopic (exact) mass is 392 g/mol. The highest BCUT2D eigenvalue weighted by molar-refractivity contribution is 9.11. The van der Waals surface area contributed by atoms with Crippen LogP contribution >= 0.6 is 27.3 Å². The summed E-state index contributed by atoms with van der Waals surface area (Å²) in [5.41, 5.74) is 2.65. The summed E-state index contributed by atoms with van der Waals surface area (Å²) in [6, 6.07) is 9.54. The molecule has 0 atom stereocenters. The average molecular weight is 393 g/mol. The number of nitrogens with one attached hydrogen (secondary N) is 1. The van der Waals surface area contributed by atoms with Gasteiger partial charge in [0.25, 0.3) is 5.91 Å². The maximum atomic E-state index is 12.3. The first-order valence-corrected chi connectivity index (χ1v) is 9.15. The van der Waals surface area contributed by atoms with Crippen molar-refractivity contribution in [1.29, 1.82) is 0 Å². The number of halogens is 1. The topological polar surface area (TPSA) is 49.4 Å². The fraction of sp³-hybridized carbons (Fsp3) is 0.294. The van der Waals surface area contributed by atoms with Crippen LogP contribution in [0.1, 0.15) is 34.1 Å². The molecule has 120 valence electrons. The number of benzene rings is 1. The zero-order valence-corrected chi connectivity index (χ0v) is 15.2. The minimum Gasteiger partial charge on any atom is -0.347 e. The van der Waals surface area contributed by atoms with Crippen LogP contribution in [0.3, 0.4) is 0 Å². The molecular weight excluding hydrogens is 376 g/mol. The van der Waals surface area contributed by atoms with Gasteiger partial charge in [0, 0.05) is 29.1 Å². The quantitative estimate of drug-likeness (QED) is 0.861. The van der Waals surface area contributed by atoms with Gasteiger partial charge < -0.3 is 10.2 Å². The molecule has 0 saturated carbocycles. The van der Waals surface area contributed by atoms with E-state index in [0.717, 1.165) is 26.3 Å². The summed E-state index contributed by atoms with van der Waals surface area (Å²) >= 11 is 5.02. The molecule has 1 N–H and O–H groups in total. The number of carbonyl (C=O) groups is 2. The Bertz CT molecular complexity index is 757. The molecule has 0 saturated heterocycles. The number of anilines is 1. The van der Waals surface area contributed by atoms with E-state index in [1.54, 1.807) is 22.3 Å². The first-order valence-electron chi connectivity index (χ1n) is 7.54. The molecule has 2 amide bonds. The molecular formula is C17H17BrN2O2S. The summed E-state index contributed by atoms with van der Waals surface area (Å²) in [5, 5.41) is 2.94. The van der Waals surface area contributed by atoms with Crippen molar-refractivity contribution in [3.63, 3.8) is 0 Å². The number of thiophene rings is 1. The lowest BCUT2D eigenvalue weighted by Crippen LogP contribution is -2.27. The van der Waals surface area contributed by atoms with Gasteiger partial charge in [-0.15, -0.1) is 11.3 Å². The Balaban J connectivity index is 1.69. The zero-order valence-electron chi connectivity index (χ0n) is 12.8. The molecule has 0 radical (unpaired) electrons. The molecule has 1 aromatic heterocycles. The number of rotatable bonds is 4. The van der Waals surface area contributed by atoms with Gasteiger partial charge in [-0.05, 0) is 58.2 Å². The highest BCUT2D eigenvalue weighted by Crippen LogP contribution is 2.29. The van der Waals surface area contributed by atoms with Gasteiger partial charge in [-0.1, -0.05) is 6.92 Å². The van der Waals surface area contributed by atoms with Crippen molar-refractivity contribution < 1.29 is 9.59 Å². The lowest BCUT2D eigenvalue weighted by atomic mass is 10.1. The predicted molar refractivity (Wildman–Crippen MR) is 96.0 cm³/mol. The number of fused-ring (bicyclic) bond motifs is 1. The van der Waals surface area contributed by atoms with Crippen molar-refractivity contribution >= 4 is 44.8 Å². The minimum absolute atomic E-state index is 0.0856. The molecule has 1 aromatic carbocycles. The van der Waals surface area contributed by atoms with Gasteiger partial charge in [-0.2, -0.15) is 0 Å². The van der Waals surface area contributed by atoms with E-state index in [-0.39, 0.29) is 11.8 Å². The third-order valence-corrected chi connectivity index (χ3v) is 5.52. The Morgan fingerprint density at radius 3 is 2.83 bits per heavy atom. The Kier molecular flexibility index (Phi) is 4.82. The van der Waals surface area contributed by atoms with E-state index < -0.39 is 0 Å². The summed E-state index contributed by atoms with van der Waals surface area (Å²) in [4.78, 5) is 27.1. The fourth-order valence-electron chi connectivity index (χ4n) is 2.71. The number of hydrogen-bond donors (Lipinski definition) is 1. The van der Waals surface area contributed by atoms with E-state index in [0.29, 0.717) is 25.1 Å². The molecule has 0 spiro atoms. The summed E-state index contributed by atoms with van der Waals surface area (Å²) < 4.78 is 1.06. The molecule has 23 heavy (non-hydrogen) atoms. The Morgan fingerprint density at radius 1 is 1.30 bits per heavy atom. The Labute approximate surface area is 147 Å². The van der Waals surface area contributed by atoms with Crippen LogP contribution in [0.15, 0.2) is 34.1 Å². The van der Waals surface area contributed by atoms with Gasteiger partial charge in [0.2, 0.25) is 5.91 Å². The number of amides is 2. The van der Waals surface area contributed by atoms with Gasteiger partial charge in [0.1, 0.15) is 0 Å². The molecule has 1 aliphatic rings. The largest absolute Gasteiger partial charge is 0.347 e. The van der Waals surface area contributed by atoms with E-state index in [1.807, 2.05) is 31.2 Å². The lowest BCUT2D eigenvalue weighted by Gasteiger charge is -2.16. The normalized spacial score (nSPS) is 13.0. The van der Waals surface area contributed by atoms with E-state index >= 15 is 0 Å². The lowest BCUT2D eigenvalue weighted by molar-refractivity contribution is -0.118. The van der Waals surface area contributed by atoms with Crippen molar-refractivity contribution in [3.05, 3.63) is 50.1 Å². The molecule has 0 unspecified atom stereocenters. The maximum absolute atomic E-state index is 12.3. The van der Waals surface area contributed by atoms with E-state index in [1.165, 1.54) is 0 Å². The number of carbonyl (C=O) groups excluding carboxylic acids is 2. The molecule has 6 heteroatoms.